The molecule has 140 valence electrons. The largest absolute Gasteiger partial charge is 0.339 e. The highest BCUT2D eigenvalue weighted by molar-refractivity contribution is 5.92. The van der Waals surface area contributed by atoms with Crippen molar-refractivity contribution in [2.24, 2.45) is 0 Å². The molecule has 3 aromatic rings. The van der Waals surface area contributed by atoms with Crippen molar-refractivity contribution in [1.29, 1.82) is 0 Å². The molecule has 4 rings (SSSR count). The van der Waals surface area contributed by atoms with Gasteiger partial charge in [-0.05, 0) is 51.8 Å². The highest BCUT2D eigenvalue weighted by Gasteiger charge is 2.26. The normalized spacial score (nSPS) is 15.1. The van der Waals surface area contributed by atoms with Crippen LogP contribution in [0.2, 0.25) is 0 Å². The van der Waals surface area contributed by atoms with Gasteiger partial charge in [0.05, 0.1) is 0 Å². The van der Waals surface area contributed by atoms with E-state index in [1.54, 1.807) is 23.1 Å². The van der Waals surface area contributed by atoms with Crippen LogP contribution < -0.4 is 5.32 Å². The van der Waals surface area contributed by atoms with Gasteiger partial charge in [-0.15, -0.1) is 0 Å². The molecule has 0 unspecified atom stereocenters. The number of nitrogens with one attached hydrogen (secondary N) is 1. The van der Waals surface area contributed by atoms with Crippen LogP contribution in [0.25, 0.3) is 11.4 Å². The van der Waals surface area contributed by atoms with Gasteiger partial charge in [-0.25, -0.2) is 0 Å². The lowest BCUT2D eigenvalue weighted by Gasteiger charge is -2.13. The summed E-state index contributed by atoms with van der Waals surface area (Å²) >= 11 is 0. The van der Waals surface area contributed by atoms with Gasteiger partial charge in [-0.1, -0.05) is 5.16 Å². The van der Waals surface area contributed by atoms with Gasteiger partial charge in [0.2, 0.25) is 11.7 Å². The van der Waals surface area contributed by atoms with Crippen molar-refractivity contribution >= 4 is 5.91 Å². The summed E-state index contributed by atoms with van der Waals surface area (Å²) < 4.78 is 7.05. The van der Waals surface area contributed by atoms with Gasteiger partial charge in [0, 0.05) is 35.6 Å². The summed E-state index contributed by atoms with van der Waals surface area (Å²) in [6, 6.07) is 5.25. The summed E-state index contributed by atoms with van der Waals surface area (Å²) in [7, 11) is 0. The Morgan fingerprint density at radius 3 is 2.81 bits per heavy atom. The third kappa shape index (κ3) is 3.60. The number of carbonyl (C=O) groups is 1. The third-order valence-corrected chi connectivity index (χ3v) is 4.59. The quantitative estimate of drug-likeness (QED) is 0.719. The van der Waals surface area contributed by atoms with E-state index in [-0.39, 0.29) is 11.9 Å². The number of pyridine rings is 1. The smallest absolute Gasteiger partial charge is 0.270 e. The second kappa shape index (κ2) is 6.94. The minimum atomic E-state index is -0.418. The minimum absolute atomic E-state index is 0.0958. The Morgan fingerprint density at radius 1 is 1.26 bits per heavy atom. The number of hydrogen-bond donors (Lipinski definition) is 1. The maximum Gasteiger partial charge on any atom is 0.270 e. The zero-order valence-corrected chi connectivity index (χ0v) is 15.6. The summed E-state index contributed by atoms with van der Waals surface area (Å²) in [6.45, 7) is 5.76. The molecular formula is C19H22N6O2. The Bertz CT molecular complexity index is 957. The SMILES string of the molecule is CC(C)n1nccc1C(=O)N[C@@H](C)c1nc(-c2ccnc(C3CC3)c2)no1. The first-order chi connectivity index (χ1) is 13.0. The second-order valence-corrected chi connectivity index (χ2v) is 7.15. The second-order valence-electron chi connectivity index (χ2n) is 7.15. The zero-order valence-electron chi connectivity index (χ0n) is 15.6. The molecule has 8 heteroatoms. The van der Waals surface area contributed by atoms with Crippen LogP contribution in [0.15, 0.2) is 35.1 Å². The molecule has 1 N–H and O–H groups in total. The Hall–Kier alpha value is -3.03. The number of hydrogen-bond acceptors (Lipinski definition) is 6. The van der Waals surface area contributed by atoms with Crippen molar-refractivity contribution in [2.45, 2.75) is 51.6 Å². The van der Waals surface area contributed by atoms with Crippen LogP contribution in [0.1, 0.15) is 73.7 Å². The van der Waals surface area contributed by atoms with E-state index in [0.717, 1.165) is 11.3 Å². The first-order valence-electron chi connectivity index (χ1n) is 9.17. The van der Waals surface area contributed by atoms with Gasteiger partial charge in [0.25, 0.3) is 5.91 Å². The van der Waals surface area contributed by atoms with Crippen molar-refractivity contribution in [1.82, 2.24) is 30.2 Å². The molecular weight excluding hydrogens is 344 g/mol. The van der Waals surface area contributed by atoms with Crippen LogP contribution in [0.4, 0.5) is 0 Å². The Balaban J connectivity index is 1.48. The number of carbonyl (C=O) groups excluding carboxylic acids is 1. The molecule has 1 amide bonds. The zero-order chi connectivity index (χ0) is 19.0. The molecule has 1 saturated carbocycles. The molecule has 0 aromatic carbocycles. The molecule has 0 saturated heterocycles. The molecule has 0 aliphatic heterocycles. The Kier molecular flexibility index (Phi) is 4.47. The molecule has 0 spiro atoms. The molecule has 3 heterocycles. The van der Waals surface area contributed by atoms with Gasteiger partial charge in [-0.3, -0.25) is 14.5 Å². The van der Waals surface area contributed by atoms with Crippen molar-refractivity contribution in [3.8, 4) is 11.4 Å². The summed E-state index contributed by atoms with van der Waals surface area (Å²) in [6.07, 6.45) is 5.76. The lowest BCUT2D eigenvalue weighted by molar-refractivity contribution is 0.0919. The first kappa shape index (κ1) is 17.4. The van der Waals surface area contributed by atoms with E-state index in [4.69, 9.17) is 4.52 Å². The van der Waals surface area contributed by atoms with Crippen LogP contribution in [0, 0.1) is 0 Å². The van der Waals surface area contributed by atoms with Crippen LogP contribution >= 0.6 is 0 Å². The molecule has 1 fully saturated rings. The van der Waals surface area contributed by atoms with Gasteiger partial charge >= 0.3 is 0 Å². The monoisotopic (exact) mass is 366 g/mol. The Morgan fingerprint density at radius 2 is 2.07 bits per heavy atom. The van der Waals surface area contributed by atoms with E-state index < -0.39 is 6.04 Å². The van der Waals surface area contributed by atoms with Crippen molar-refractivity contribution in [3.63, 3.8) is 0 Å². The molecule has 27 heavy (non-hydrogen) atoms. The van der Waals surface area contributed by atoms with Crippen LogP contribution in [0.3, 0.4) is 0 Å². The van der Waals surface area contributed by atoms with E-state index in [9.17, 15) is 4.79 Å². The van der Waals surface area contributed by atoms with E-state index in [1.807, 2.05) is 32.9 Å². The van der Waals surface area contributed by atoms with E-state index in [1.165, 1.54) is 12.8 Å². The topological polar surface area (TPSA) is 98.7 Å². The molecule has 0 radical (unpaired) electrons. The molecule has 3 aromatic heterocycles. The highest BCUT2D eigenvalue weighted by Crippen LogP contribution is 2.39. The van der Waals surface area contributed by atoms with Crippen molar-refractivity contribution in [3.05, 3.63) is 47.9 Å². The number of rotatable bonds is 6. The third-order valence-electron chi connectivity index (χ3n) is 4.59. The number of nitrogens with zero attached hydrogens (tertiary/aromatic N) is 5. The lowest BCUT2D eigenvalue weighted by Crippen LogP contribution is -2.29. The lowest BCUT2D eigenvalue weighted by atomic mass is 10.2. The summed E-state index contributed by atoms with van der Waals surface area (Å²) in [4.78, 5) is 21.4. The number of aromatic nitrogens is 5. The van der Waals surface area contributed by atoms with Gasteiger partial charge in [0.1, 0.15) is 11.7 Å². The van der Waals surface area contributed by atoms with E-state index >= 15 is 0 Å². The molecule has 1 aliphatic carbocycles. The van der Waals surface area contributed by atoms with Crippen LogP contribution in [-0.2, 0) is 0 Å². The molecule has 0 bridgehead atoms. The van der Waals surface area contributed by atoms with Crippen LogP contribution in [-0.4, -0.2) is 30.8 Å². The van der Waals surface area contributed by atoms with Gasteiger partial charge in [-0.2, -0.15) is 10.1 Å². The summed E-state index contributed by atoms with van der Waals surface area (Å²) in [5, 5.41) is 11.1. The average Bonchev–Trinajstić information content (AvgIpc) is 3.19. The standard InChI is InChI=1S/C19H22N6O2/c1-11(2)25-16(7-9-21-25)18(26)22-12(3)19-23-17(24-27-19)14-6-8-20-15(10-14)13-4-5-13/h6-13H,4-5H2,1-3H3,(H,22,26)/t12-/m0/s1. The van der Waals surface area contributed by atoms with E-state index in [0.29, 0.717) is 23.3 Å². The van der Waals surface area contributed by atoms with E-state index in [2.05, 4.69) is 25.5 Å². The van der Waals surface area contributed by atoms with Gasteiger partial charge in [0.15, 0.2) is 0 Å². The Labute approximate surface area is 157 Å². The fourth-order valence-electron chi connectivity index (χ4n) is 2.96. The van der Waals surface area contributed by atoms with Crippen molar-refractivity contribution in [2.75, 3.05) is 0 Å². The van der Waals surface area contributed by atoms with Crippen LogP contribution in [0.5, 0.6) is 0 Å². The predicted molar refractivity (Wildman–Crippen MR) is 98.0 cm³/mol. The average molecular weight is 366 g/mol. The van der Waals surface area contributed by atoms with Gasteiger partial charge < -0.3 is 9.84 Å². The minimum Gasteiger partial charge on any atom is -0.339 e. The van der Waals surface area contributed by atoms with Crippen molar-refractivity contribution < 1.29 is 9.32 Å². The maximum atomic E-state index is 12.5. The first-order valence-corrected chi connectivity index (χ1v) is 9.17. The number of amides is 1. The highest BCUT2D eigenvalue weighted by atomic mass is 16.5. The summed E-state index contributed by atoms with van der Waals surface area (Å²) in [5.74, 6) is 1.19. The summed E-state index contributed by atoms with van der Waals surface area (Å²) in [5.41, 5.74) is 2.44. The fourth-order valence-corrected chi connectivity index (χ4v) is 2.96. The molecule has 1 aliphatic rings. The fraction of sp³-hybridized carbons (Fsp3) is 0.421. The molecule has 1 atom stereocenters. The predicted octanol–water partition coefficient (Wildman–Crippen LogP) is 3.28. The molecule has 8 nitrogen and oxygen atoms in total. The maximum absolute atomic E-state index is 12.5.